The summed E-state index contributed by atoms with van der Waals surface area (Å²) in [4.78, 5) is 15.8. The third-order valence-electron chi connectivity index (χ3n) is 2.69. The summed E-state index contributed by atoms with van der Waals surface area (Å²) in [5, 5.41) is 6.86. The summed E-state index contributed by atoms with van der Waals surface area (Å²) in [5.41, 5.74) is 1.99. The van der Waals surface area contributed by atoms with E-state index in [-0.39, 0.29) is 11.8 Å². The van der Waals surface area contributed by atoms with E-state index >= 15 is 0 Å². The van der Waals surface area contributed by atoms with E-state index in [2.05, 4.69) is 15.4 Å². The lowest BCUT2D eigenvalue weighted by molar-refractivity contribution is -0.119. The molecular weight excluding hydrogens is 228 g/mol. The van der Waals surface area contributed by atoms with Crippen LogP contribution < -0.4 is 5.32 Å². The van der Waals surface area contributed by atoms with Crippen LogP contribution in [0.1, 0.15) is 12.5 Å². The lowest BCUT2D eigenvalue weighted by Gasteiger charge is -2.12. The zero-order valence-corrected chi connectivity index (χ0v) is 10.5. The van der Waals surface area contributed by atoms with Gasteiger partial charge in [0.1, 0.15) is 12.7 Å². The zero-order chi connectivity index (χ0) is 13.0. The summed E-state index contributed by atoms with van der Waals surface area (Å²) in [6.07, 6.45) is 3.07. The molecule has 1 heterocycles. The van der Waals surface area contributed by atoms with Gasteiger partial charge in [-0.2, -0.15) is 5.10 Å². The van der Waals surface area contributed by atoms with Crippen molar-refractivity contribution in [3.63, 3.8) is 0 Å². The first kappa shape index (κ1) is 12.3. The number of aromatic nitrogens is 3. The number of aryl methyl sites for hydroxylation is 1. The largest absolute Gasteiger partial charge is 0.326 e. The minimum atomic E-state index is -0.159. The maximum Gasteiger partial charge on any atom is 0.229 e. The minimum Gasteiger partial charge on any atom is -0.326 e. The van der Waals surface area contributed by atoms with Crippen LogP contribution in [-0.4, -0.2) is 20.7 Å². The second-order valence-corrected chi connectivity index (χ2v) is 4.37. The predicted molar refractivity (Wildman–Crippen MR) is 69.0 cm³/mol. The first-order chi connectivity index (χ1) is 8.65. The van der Waals surface area contributed by atoms with E-state index in [9.17, 15) is 4.79 Å². The molecule has 0 unspecified atom stereocenters. The first-order valence-corrected chi connectivity index (χ1v) is 5.85. The molecule has 1 aromatic heterocycles. The molecular formula is C13H16N4O. The molecule has 0 aliphatic heterocycles. The normalized spacial score (nSPS) is 12.1. The van der Waals surface area contributed by atoms with Gasteiger partial charge in [-0.05, 0) is 19.1 Å². The van der Waals surface area contributed by atoms with Gasteiger partial charge in [0.15, 0.2) is 0 Å². The Morgan fingerprint density at radius 2 is 2.11 bits per heavy atom. The molecule has 5 nitrogen and oxygen atoms in total. The van der Waals surface area contributed by atoms with Crippen LogP contribution in [0.4, 0.5) is 5.69 Å². The van der Waals surface area contributed by atoms with Gasteiger partial charge >= 0.3 is 0 Å². The monoisotopic (exact) mass is 244 g/mol. The van der Waals surface area contributed by atoms with E-state index in [0.29, 0.717) is 6.54 Å². The number of carbonyl (C=O) groups excluding carboxylic acids is 1. The third-order valence-corrected chi connectivity index (χ3v) is 2.69. The Labute approximate surface area is 106 Å². The molecule has 2 rings (SSSR count). The van der Waals surface area contributed by atoms with E-state index in [1.54, 1.807) is 11.0 Å². The highest BCUT2D eigenvalue weighted by atomic mass is 16.1. The van der Waals surface area contributed by atoms with E-state index < -0.39 is 0 Å². The number of rotatable bonds is 4. The Morgan fingerprint density at radius 3 is 2.72 bits per heavy atom. The SMILES string of the molecule is Cc1ccc(NC(=O)[C@H](C)Cn2cncn2)cc1. The molecule has 0 fully saturated rings. The number of hydrogen-bond acceptors (Lipinski definition) is 3. The van der Waals surface area contributed by atoms with Crippen molar-refractivity contribution in [1.29, 1.82) is 0 Å². The molecule has 0 aliphatic rings. The van der Waals surface area contributed by atoms with Gasteiger partial charge in [0.05, 0.1) is 12.5 Å². The number of benzene rings is 1. The molecule has 1 aromatic carbocycles. The smallest absolute Gasteiger partial charge is 0.229 e. The van der Waals surface area contributed by atoms with Crippen LogP contribution in [0, 0.1) is 12.8 Å². The molecule has 5 heteroatoms. The number of carbonyl (C=O) groups is 1. The summed E-state index contributed by atoms with van der Waals surface area (Å²) in [6.45, 7) is 4.40. The summed E-state index contributed by atoms with van der Waals surface area (Å²) >= 11 is 0. The van der Waals surface area contributed by atoms with Crippen LogP contribution in [0.3, 0.4) is 0 Å². The van der Waals surface area contributed by atoms with E-state index in [0.717, 1.165) is 5.69 Å². The average molecular weight is 244 g/mol. The molecule has 1 N–H and O–H groups in total. The first-order valence-electron chi connectivity index (χ1n) is 5.85. The molecule has 2 aromatic rings. The van der Waals surface area contributed by atoms with Crippen LogP contribution in [0.15, 0.2) is 36.9 Å². The van der Waals surface area contributed by atoms with Crippen molar-refractivity contribution >= 4 is 11.6 Å². The fraction of sp³-hybridized carbons (Fsp3) is 0.308. The van der Waals surface area contributed by atoms with Crippen molar-refractivity contribution in [2.45, 2.75) is 20.4 Å². The standard InChI is InChI=1S/C13H16N4O/c1-10-3-5-12(6-4-10)16-13(18)11(2)7-17-9-14-8-15-17/h3-6,8-9,11H,7H2,1-2H3,(H,16,18)/t11-/m1/s1. The maximum absolute atomic E-state index is 12.0. The van der Waals surface area contributed by atoms with Gasteiger partial charge in [0, 0.05) is 5.69 Å². The molecule has 0 radical (unpaired) electrons. The second kappa shape index (κ2) is 5.44. The fourth-order valence-corrected chi connectivity index (χ4v) is 1.59. The summed E-state index contributed by atoms with van der Waals surface area (Å²) < 4.78 is 1.65. The minimum absolute atomic E-state index is 0.0191. The van der Waals surface area contributed by atoms with Crippen molar-refractivity contribution in [3.8, 4) is 0 Å². The van der Waals surface area contributed by atoms with Gasteiger partial charge < -0.3 is 5.32 Å². The topological polar surface area (TPSA) is 59.8 Å². The second-order valence-electron chi connectivity index (χ2n) is 4.37. The molecule has 18 heavy (non-hydrogen) atoms. The number of nitrogens with zero attached hydrogens (tertiary/aromatic N) is 3. The highest BCUT2D eigenvalue weighted by Crippen LogP contribution is 2.10. The maximum atomic E-state index is 12.0. The molecule has 0 saturated heterocycles. The fourth-order valence-electron chi connectivity index (χ4n) is 1.59. The lowest BCUT2D eigenvalue weighted by atomic mass is 10.1. The van der Waals surface area contributed by atoms with Gasteiger partial charge in [0.2, 0.25) is 5.91 Å². The molecule has 0 spiro atoms. The number of anilines is 1. The molecule has 0 bridgehead atoms. The Balaban J connectivity index is 1.93. The number of nitrogens with one attached hydrogen (secondary N) is 1. The molecule has 1 amide bonds. The van der Waals surface area contributed by atoms with E-state index in [1.165, 1.54) is 11.9 Å². The zero-order valence-electron chi connectivity index (χ0n) is 10.5. The Bertz CT molecular complexity index is 504. The van der Waals surface area contributed by atoms with Crippen LogP contribution in [0.5, 0.6) is 0 Å². The molecule has 0 aliphatic carbocycles. The predicted octanol–water partition coefficient (Wildman–Crippen LogP) is 1.86. The van der Waals surface area contributed by atoms with Crippen LogP contribution in [-0.2, 0) is 11.3 Å². The summed E-state index contributed by atoms with van der Waals surface area (Å²) in [7, 11) is 0. The lowest BCUT2D eigenvalue weighted by Crippen LogP contribution is -2.24. The van der Waals surface area contributed by atoms with E-state index in [1.807, 2.05) is 38.1 Å². The Morgan fingerprint density at radius 1 is 1.39 bits per heavy atom. The molecule has 0 saturated carbocycles. The van der Waals surface area contributed by atoms with Crippen molar-refractivity contribution in [1.82, 2.24) is 14.8 Å². The highest BCUT2D eigenvalue weighted by molar-refractivity contribution is 5.92. The van der Waals surface area contributed by atoms with Crippen molar-refractivity contribution in [3.05, 3.63) is 42.5 Å². The summed E-state index contributed by atoms with van der Waals surface area (Å²) in [5.74, 6) is -0.178. The van der Waals surface area contributed by atoms with E-state index in [4.69, 9.17) is 0 Å². The van der Waals surface area contributed by atoms with Gasteiger partial charge in [-0.15, -0.1) is 0 Å². The van der Waals surface area contributed by atoms with Gasteiger partial charge in [-0.1, -0.05) is 24.6 Å². The van der Waals surface area contributed by atoms with Crippen LogP contribution >= 0.6 is 0 Å². The average Bonchev–Trinajstić information content (AvgIpc) is 2.85. The summed E-state index contributed by atoms with van der Waals surface area (Å²) in [6, 6.07) is 7.74. The third kappa shape index (κ3) is 3.16. The Kier molecular flexibility index (Phi) is 3.72. The number of amides is 1. The van der Waals surface area contributed by atoms with Crippen molar-refractivity contribution in [2.24, 2.45) is 5.92 Å². The Hall–Kier alpha value is -2.17. The molecule has 1 atom stereocenters. The quantitative estimate of drug-likeness (QED) is 0.893. The number of hydrogen-bond donors (Lipinski definition) is 1. The van der Waals surface area contributed by atoms with Crippen molar-refractivity contribution < 1.29 is 4.79 Å². The van der Waals surface area contributed by atoms with Crippen LogP contribution in [0.25, 0.3) is 0 Å². The highest BCUT2D eigenvalue weighted by Gasteiger charge is 2.13. The van der Waals surface area contributed by atoms with Gasteiger partial charge in [-0.25, -0.2) is 4.98 Å². The van der Waals surface area contributed by atoms with Crippen molar-refractivity contribution in [2.75, 3.05) is 5.32 Å². The molecule has 94 valence electrons. The van der Waals surface area contributed by atoms with Crippen LogP contribution in [0.2, 0.25) is 0 Å². The van der Waals surface area contributed by atoms with Gasteiger partial charge in [-0.3, -0.25) is 9.48 Å². The van der Waals surface area contributed by atoms with Gasteiger partial charge in [0.25, 0.3) is 0 Å².